The van der Waals surface area contributed by atoms with E-state index >= 15 is 0 Å². The van der Waals surface area contributed by atoms with Crippen LogP contribution < -0.4 is 0 Å². The van der Waals surface area contributed by atoms with E-state index in [9.17, 15) is 0 Å². The smallest absolute Gasteiger partial charge is 0.177 e. The number of hydrogen-bond acceptors (Lipinski definition) is 3. The second kappa shape index (κ2) is 5.98. The van der Waals surface area contributed by atoms with Crippen LogP contribution in [0.5, 0.6) is 0 Å². The van der Waals surface area contributed by atoms with Gasteiger partial charge in [0.15, 0.2) is 2.14 Å². The molecule has 0 aliphatic rings. The molecule has 0 bridgehead atoms. The van der Waals surface area contributed by atoms with Crippen LogP contribution in [0.25, 0.3) is 22.5 Å². The fourth-order valence-electron chi connectivity index (χ4n) is 2.04. The van der Waals surface area contributed by atoms with Gasteiger partial charge >= 0.3 is 0 Å². The number of aromatic amines is 1. The molecule has 1 aromatic heterocycles. The summed E-state index contributed by atoms with van der Waals surface area (Å²) < 4.78 is -0.404. The van der Waals surface area contributed by atoms with E-state index in [2.05, 4.69) is 80.5 Å². The summed E-state index contributed by atoms with van der Waals surface area (Å²) in [6.07, 6.45) is 0. The van der Waals surface area contributed by atoms with Crippen molar-refractivity contribution in [2.75, 3.05) is 0 Å². The Morgan fingerprint density at radius 1 is 0.857 bits per heavy atom. The van der Waals surface area contributed by atoms with Crippen molar-refractivity contribution < 1.29 is 0 Å². The molecule has 0 unspecified atom stereocenters. The van der Waals surface area contributed by atoms with Crippen LogP contribution in [0, 0.1) is 0 Å². The number of hydrogen-bond donors (Lipinski definition) is 1. The van der Waals surface area contributed by atoms with Gasteiger partial charge in [-0.1, -0.05) is 96.3 Å². The van der Waals surface area contributed by atoms with Gasteiger partial charge in [-0.3, -0.25) is 0 Å². The first-order chi connectivity index (χ1) is 10.1. The molecule has 0 aliphatic carbocycles. The predicted octanol–water partition coefficient (Wildman–Crippen LogP) is 4.83. The highest BCUT2D eigenvalue weighted by Crippen LogP contribution is 2.44. The van der Waals surface area contributed by atoms with Crippen LogP contribution in [0.3, 0.4) is 0 Å². The molecule has 7 heteroatoms. The number of aromatic nitrogens is 4. The van der Waals surface area contributed by atoms with Crippen molar-refractivity contribution in [2.45, 2.75) is 2.14 Å². The molecule has 0 fully saturated rings. The Labute approximate surface area is 146 Å². The van der Waals surface area contributed by atoms with Gasteiger partial charge in [0.1, 0.15) is 0 Å². The van der Waals surface area contributed by atoms with E-state index in [4.69, 9.17) is 0 Å². The standard InChI is InChI=1S/C14H9Br3N4/c15-14(16,17)10-7-5-9(6-8-10)11-3-1-2-4-12(11)13-18-20-21-19-13/h1-8H,(H,18,19,20,21). The zero-order valence-electron chi connectivity index (χ0n) is 10.6. The monoisotopic (exact) mass is 470 g/mol. The fourth-order valence-corrected chi connectivity index (χ4v) is 2.84. The summed E-state index contributed by atoms with van der Waals surface area (Å²) in [6.45, 7) is 0. The molecule has 4 nitrogen and oxygen atoms in total. The SMILES string of the molecule is BrC(Br)(Br)c1ccc(-c2ccccc2-c2nn[nH]n2)cc1. The Morgan fingerprint density at radius 2 is 1.52 bits per heavy atom. The van der Waals surface area contributed by atoms with Gasteiger partial charge in [-0.15, -0.1) is 10.2 Å². The topological polar surface area (TPSA) is 54.5 Å². The minimum absolute atomic E-state index is 0.404. The summed E-state index contributed by atoms with van der Waals surface area (Å²) in [5.41, 5.74) is 4.18. The lowest BCUT2D eigenvalue weighted by atomic mass is 9.98. The lowest BCUT2D eigenvalue weighted by Crippen LogP contribution is -1.97. The third-order valence-corrected chi connectivity index (χ3v) is 4.41. The lowest BCUT2D eigenvalue weighted by Gasteiger charge is -2.13. The zero-order valence-corrected chi connectivity index (χ0v) is 15.4. The molecule has 1 heterocycles. The maximum Gasteiger partial charge on any atom is 0.205 e. The first kappa shape index (κ1) is 14.9. The van der Waals surface area contributed by atoms with Gasteiger partial charge in [0.2, 0.25) is 5.82 Å². The van der Waals surface area contributed by atoms with Crippen LogP contribution >= 0.6 is 47.8 Å². The quantitative estimate of drug-likeness (QED) is 0.543. The third kappa shape index (κ3) is 3.25. The summed E-state index contributed by atoms with van der Waals surface area (Å²) in [5.74, 6) is 0.588. The van der Waals surface area contributed by atoms with E-state index in [0.717, 1.165) is 22.3 Å². The van der Waals surface area contributed by atoms with Gasteiger partial charge in [-0.05, 0) is 21.9 Å². The van der Waals surface area contributed by atoms with Gasteiger partial charge < -0.3 is 0 Å². The molecule has 21 heavy (non-hydrogen) atoms. The molecule has 0 saturated carbocycles. The van der Waals surface area contributed by atoms with Crippen molar-refractivity contribution in [3.8, 4) is 22.5 Å². The summed E-state index contributed by atoms with van der Waals surface area (Å²) >= 11 is 10.5. The molecule has 0 amide bonds. The van der Waals surface area contributed by atoms with E-state index in [-0.39, 0.29) is 0 Å². The highest BCUT2D eigenvalue weighted by Gasteiger charge is 2.20. The Balaban J connectivity index is 2.06. The fraction of sp³-hybridized carbons (Fsp3) is 0.0714. The summed E-state index contributed by atoms with van der Waals surface area (Å²) in [4.78, 5) is 0. The molecular weight excluding hydrogens is 464 g/mol. The lowest BCUT2D eigenvalue weighted by molar-refractivity contribution is 0.881. The number of rotatable bonds is 2. The molecular formula is C14H9Br3N4. The summed E-state index contributed by atoms with van der Waals surface area (Å²) in [5, 5.41) is 14.2. The Kier molecular flexibility index (Phi) is 4.24. The van der Waals surface area contributed by atoms with Crippen LogP contribution in [-0.4, -0.2) is 20.6 Å². The number of halogens is 3. The van der Waals surface area contributed by atoms with Crippen LogP contribution in [0.4, 0.5) is 0 Å². The number of alkyl halides is 3. The van der Waals surface area contributed by atoms with Gasteiger partial charge in [0.05, 0.1) is 0 Å². The van der Waals surface area contributed by atoms with Gasteiger partial charge in [0, 0.05) is 5.56 Å². The molecule has 0 saturated heterocycles. The zero-order chi connectivity index (χ0) is 14.9. The number of nitrogens with zero attached hydrogens (tertiary/aromatic N) is 3. The molecule has 0 aliphatic heterocycles. The number of H-pyrrole nitrogens is 1. The minimum Gasteiger partial charge on any atom is -0.177 e. The second-order valence-corrected chi connectivity index (χ2v) is 11.1. The van der Waals surface area contributed by atoms with Gasteiger partial charge in [-0.25, -0.2) is 0 Å². The number of tetrazole rings is 1. The van der Waals surface area contributed by atoms with E-state index in [1.807, 2.05) is 36.4 Å². The molecule has 3 rings (SSSR count). The third-order valence-electron chi connectivity index (χ3n) is 3.04. The second-order valence-electron chi connectivity index (χ2n) is 4.36. The van der Waals surface area contributed by atoms with E-state index in [0.29, 0.717) is 5.82 Å². The van der Waals surface area contributed by atoms with Gasteiger partial charge in [0.25, 0.3) is 0 Å². The van der Waals surface area contributed by atoms with Crippen molar-refractivity contribution in [1.29, 1.82) is 0 Å². The largest absolute Gasteiger partial charge is 0.205 e. The Morgan fingerprint density at radius 3 is 2.10 bits per heavy atom. The van der Waals surface area contributed by atoms with E-state index in [1.165, 1.54) is 0 Å². The van der Waals surface area contributed by atoms with Crippen molar-refractivity contribution in [2.24, 2.45) is 0 Å². The molecule has 0 atom stereocenters. The average molecular weight is 473 g/mol. The van der Waals surface area contributed by atoms with Crippen LogP contribution in [0.15, 0.2) is 48.5 Å². The number of benzene rings is 2. The van der Waals surface area contributed by atoms with E-state index < -0.39 is 2.14 Å². The average Bonchev–Trinajstić information content (AvgIpc) is 3.01. The molecule has 1 N–H and O–H groups in total. The van der Waals surface area contributed by atoms with E-state index in [1.54, 1.807) is 0 Å². The molecule has 2 aromatic carbocycles. The number of nitrogens with one attached hydrogen (secondary N) is 1. The first-order valence-electron chi connectivity index (χ1n) is 6.06. The molecule has 3 aromatic rings. The molecule has 0 radical (unpaired) electrons. The molecule has 0 spiro atoms. The highest BCUT2D eigenvalue weighted by atomic mass is 80.0. The van der Waals surface area contributed by atoms with Crippen molar-refractivity contribution >= 4 is 47.8 Å². The van der Waals surface area contributed by atoms with Crippen molar-refractivity contribution in [1.82, 2.24) is 20.6 Å². The minimum atomic E-state index is -0.404. The Bertz CT molecular complexity index is 734. The van der Waals surface area contributed by atoms with Crippen LogP contribution in [0.1, 0.15) is 5.56 Å². The summed E-state index contributed by atoms with van der Waals surface area (Å²) in [6, 6.07) is 16.2. The van der Waals surface area contributed by atoms with Crippen LogP contribution in [-0.2, 0) is 2.14 Å². The molecule has 106 valence electrons. The normalized spacial score (nSPS) is 11.6. The maximum atomic E-state index is 4.06. The van der Waals surface area contributed by atoms with Gasteiger partial charge in [-0.2, -0.15) is 5.21 Å². The first-order valence-corrected chi connectivity index (χ1v) is 8.44. The Hall–Kier alpha value is -1.05. The summed E-state index contributed by atoms with van der Waals surface area (Å²) in [7, 11) is 0. The highest BCUT2D eigenvalue weighted by molar-refractivity contribution is 9.38. The maximum absolute atomic E-state index is 4.06. The van der Waals surface area contributed by atoms with Crippen molar-refractivity contribution in [3.05, 3.63) is 54.1 Å². The van der Waals surface area contributed by atoms with Crippen molar-refractivity contribution in [3.63, 3.8) is 0 Å². The predicted molar refractivity (Wildman–Crippen MR) is 93.5 cm³/mol. The van der Waals surface area contributed by atoms with Crippen LogP contribution in [0.2, 0.25) is 0 Å².